The number of rotatable bonds is 4. The number of hydrogen-bond acceptors (Lipinski definition) is 3. The van der Waals surface area contributed by atoms with Crippen LogP contribution in [0.1, 0.15) is 37.5 Å². The molecule has 0 saturated carbocycles. The summed E-state index contributed by atoms with van der Waals surface area (Å²) >= 11 is 0. The summed E-state index contributed by atoms with van der Waals surface area (Å²) in [5.74, 6) is 0. The van der Waals surface area contributed by atoms with Crippen LogP contribution >= 0.6 is 0 Å². The molecule has 0 aromatic heterocycles. The summed E-state index contributed by atoms with van der Waals surface area (Å²) in [5.41, 5.74) is 0.208. The van der Waals surface area contributed by atoms with Crippen LogP contribution in [0.3, 0.4) is 0 Å². The third-order valence-electron chi connectivity index (χ3n) is 4.56. The van der Waals surface area contributed by atoms with Crippen molar-refractivity contribution in [1.82, 2.24) is 9.80 Å². The van der Waals surface area contributed by atoms with Crippen molar-refractivity contribution in [2.45, 2.75) is 38.9 Å². The highest BCUT2D eigenvalue weighted by Gasteiger charge is 2.35. The predicted molar refractivity (Wildman–Crippen MR) is 88.9 cm³/mol. The summed E-state index contributed by atoms with van der Waals surface area (Å²) in [6.45, 7) is 9.81. The van der Waals surface area contributed by atoms with E-state index in [-0.39, 0.29) is 12.0 Å². The standard InChI is InChI=1S/C18H27F3N2O/c1-17(2,3)15-5-4-14(16(12-15)18(19,20)21)13-23-8-6-22(7-9-23)10-11-24/h4-5,12,24H,6-11,13H2,1-3H3. The minimum Gasteiger partial charge on any atom is -0.395 e. The van der Waals surface area contributed by atoms with Gasteiger partial charge >= 0.3 is 6.18 Å². The van der Waals surface area contributed by atoms with Gasteiger partial charge in [0.2, 0.25) is 0 Å². The van der Waals surface area contributed by atoms with Crippen LogP contribution in [0.2, 0.25) is 0 Å². The zero-order chi connectivity index (χ0) is 18.0. The molecule has 1 aliphatic heterocycles. The smallest absolute Gasteiger partial charge is 0.395 e. The number of alkyl halides is 3. The van der Waals surface area contributed by atoms with Crippen LogP contribution in [0, 0.1) is 0 Å². The number of halogens is 3. The van der Waals surface area contributed by atoms with Gasteiger partial charge in [0.25, 0.3) is 0 Å². The first kappa shape index (κ1) is 19.2. The van der Waals surface area contributed by atoms with Crippen molar-refractivity contribution in [2.75, 3.05) is 39.3 Å². The Morgan fingerprint density at radius 2 is 1.58 bits per heavy atom. The number of benzene rings is 1. The zero-order valence-electron chi connectivity index (χ0n) is 14.7. The fraction of sp³-hybridized carbons (Fsp3) is 0.667. The van der Waals surface area contributed by atoms with Crippen LogP contribution in [-0.4, -0.2) is 54.2 Å². The van der Waals surface area contributed by atoms with Gasteiger partial charge < -0.3 is 5.11 Å². The molecule has 0 radical (unpaired) electrons. The van der Waals surface area contributed by atoms with E-state index in [1.165, 1.54) is 6.07 Å². The van der Waals surface area contributed by atoms with Gasteiger partial charge in [-0.3, -0.25) is 9.80 Å². The quantitative estimate of drug-likeness (QED) is 0.909. The molecule has 1 aromatic carbocycles. The lowest BCUT2D eigenvalue weighted by Gasteiger charge is -2.35. The highest BCUT2D eigenvalue weighted by atomic mass is 19.4. The first-order valence-electron chi connectivity index (χ1n) is 8.37. The summed E-state index contributed by atoms with van der Waals surface area (Å²) < 4.78 is 40.4. The van der Waals surface area contributed by atoms with E-state index >= 15 is 0 Å². The average molecular weight is 344 g/mol. The monoisotopic (exact) mass is 344 g/mol. The van der Waals surface area contributed by atoms with Crippen LogP contribution in [0.25, 0.3) is 0 Å². The molecular formula is C18H27F3N2O. The largest absolute Gasteiger partial charge is 0.416 e. The molecule has 0 bridgehead atoms. The predicted octanol–water partition coefficient (Wildman–Crippen LogP) is 3.11. The molecule has 0 atom stereocenters. The molecular weight excluding hydrogens is 317 g/mol. The van der Waals surface area contributed by atoms with E-state index in [1.54, 1.807) is 6.07 Å². The molecule has 1 aliphatic rings. The second kappa shape index (κ2) is 7.42. The van der Waals surface area contributed by atoms with Gasteiger partial charge in [-0.15, -0.1) is 0 Å². The molecule has 136 valence electrons. The zero-order valence-corrected chi connectivity index (χ0v) is 14.7. The van der Waals surface area contributed by atoms with Crippen LogP contribution < -0.4 is 0 Å². The average Bonchev–Trinajstić information content (AvgIpc) is 2.48. The Labute approximate surface area is 142 Å². The van der Waals surface area contributed by atoms with E-state index in [2.05, 4.69) is 9.80 Å². The van der Waals surface area contributed by atoms with Crippen LogP contribution in [-0.2, 0) is 18.1 Å². The number of piperazine rings is 1. The molecule has 6 heteroatoms. The third kappa shape index (κ3) is 4.94. The van der Waals surface area contributed by atoms with Crippen molar-refractivity contribution in [2.24, 2.45) is 0 Å². The number of aliphatic hydroxyl groups is 1. The van der Waals surface area contributed by atoms with Crippen molar-refractivity contribution in [3.8, 4) is 0 Å². The van der Waals surface area contributed by atoms with E-state index < -0.39 is 11.7 Å². The lowest BCUT2D eigenvalue weighted by molar-refractivity contribution is -0.138. The van der Waals surface area contributed by atoms with Gasteiger partial charge in [0.1, 0.15) is 0 Å². The number of nitrogens with zero attached hydrogens (tertiary/aromatic N) is 2. The summed E-state index contributed by atoms with van der Waals surface area (Å²) in [6, 6.07) is 4.74. The highest BCUT2D eigenvalue weighted by Crippen LogP contribution is 2.36. The Hall–Kier alpha value is -1.11. The van der Waals surface area contributed by atoms with Crippen molar-refractivity contribution < 1.29 is 18.3 Å². The SMILES string of the molecule is CC(C)(C)c1ccc(CN2CCN(CCO)CC2)c(C(F)(F)F)c1. The Morgan fingerprint density at radius 3 is 2.08 bits per heavy atom. The summed E-state index contributed by atoms with van der Waals surface area (Å²) in [6.07, 6.45) is -4.34. The maximum Gasteiger partial charge on any atom is 0.416 e. The molecule has 0 aliphatic carbocycles. The molecule has 1 N–H and O–H groups in total. The fourth-order valence-corrected chi connectivity index (χ4v) is 3.00. The van der Waals surface area contributed by atoms with Gasteiger partial charge in [-0.05, 0) is 22.6 Å². The van der Waals surface area contributed by atoms with E-state index in [0.717, 1.165) is 26.2 Å². The highest BCUT2D eigenvalue weighted by molar-refractivity contribution is 5.37. The lowest BCUT2D eigenvalue weighted by Crippen LogP contribution is -2.46. The van der Waals surface area contributed by atoms with Crippen LogP contribution in [0.15, 0.2) is 18.2 Å². The second-order valence-electron chi connectivity index (χ2n) is 7.46. The molecule has 0 spiro atoms. The Morgan fingerprint density at radius 1 is 1.00 bits per heavy atom. The van der Waals surface area contributed by atoms with E-state index in [0.29, 0.717) is 24.2 Å². The molecule has 1 heterocycles. The van der Waals surface area contributed by atoms with Crippen molar-refractivity contribution in [3.63, 3.8) is 0 Å². The van der Waals surface area contributed by atoms with Gasteiger partial charge in [-0.25, -0.2) is 0 Å². The van der Waals surface area contributed by atoms with Gasteiger partial charge in [0, 0.05) is 39.3 Å². The molecule has 1 saturated heterocycles. The number of hydrogen-bond donors (Lipinski definition) is 1. The molecule has 2 rings (SSSR count). The minimum atomic E-state index is -4.34. The Bertz CT molecular complexity index is 544. The number of β-amino-alcohol motifs (C(OH)–C–C–N with tert-alkyl or cyclic N) is 1. The first-order chi connectivity index (χ1) is 11.1. The first-order valence-corrected chi connectivity index (χ1v) is 8.37. The normalized spacial score (nSPS) is 18.1. The second-order valence-corrected chi connectivity index (χ2v) is 7.46. The van der Waals surface area contributed by atoms with Crippen molar-refractivity contribution in [3.05, 3.63) is 34.9 Å². The topological polar surface area (TPSA) is 26.7 Å². The molecule has 24 heavy (non-hydrogen) atoms. The van der Waals surface area contributed by atoms with Crippen molar-refractivity contribution >= 4 is 0 Å². The van der Waals surface area contributed by atoms with Gasteiger partial charge in [-0.1, -0.05) is 32.9 Å². The van der Waals surface area contributed by atoms with Gasteiger partial charge in [0.15, 0.2) is 0 Å². The van der Waals surface area contributed by atoms with Crippen molar-refractivity contribution in [1.29, 1.82) is 0 Å². The maximum absolute atomic E-state index is 13.5. The molecule has 0 amide bonds. The minimum absolute atomic E-state index is 0.118. The fourth-order valence-electron chi connectivity index (χ4n) is 3.00. The van der Waals surface area contributed by atoms with Crippen LogP contribution in [0.5, 0.6) is 0 Å². The third-order valence-corrected chi connectivity index (χ3v) is 4.56. The van der Waals surface area contributed by atoms with Gasteiger partial charge in [0.05, 0.1) is 12.2 Å². The maximum atomic E-state index is 13.5. The Balaban J connectivity index is 2.15. The summed E-state index contributed by atoms with van der Waals surface area (Å²) in [7, 11) is 0. The number of aliphatic hydroxyl groups excluding tert-OH is 1. The molecule has 0 unspecified atom stereocenters. The van der Waals surface area contributed by atoms with E-state index in [1.807, 2.05) is 26.8 Å². The summed E-state index contributed by atoms with van der Waals surface area (Å²) in [4.78, 5) is 4.18. The summed E-state index contributed by atoms with van der Waals surface area (Å²) in [5, 5.41) is 8.96. The van der Waals surface area contributed by atoms with Crippen LogP contribution in [0.4, 0.5) is 13.2 Å². The lowest BCUT2D eigenvalue weighted by atomic mass is 9.85. The van der Waals surface area contributed by atoms with E-state index in [4.69, 9.17) is 5.11 Å². The molecule has 1 aromatic rings. The Kier molecular flexibility index (Phi) is 5.94. The van der Waals surface area contributed by atoms with E-state index in [9.17, 15) is 13.2 Å². The molecule has 1 fully saturated rings. The molecule has 3 nitrogen and oxygen atoms in total. The van der Waals surface area contributed by atoms with Gasteiger partial charge in [-0.2, -0.15) is 13.2 Å².